The number of hydrogen-bond acceptors (Lipinski definition) is 5. The van der Waals surface area contributed by atoms with E-state index in [0.29, 0.717) is 11.6 Å². The first-order valence-corrected chi connectivity index (χ1v) is 6.04. The third kappa shape index (κ3) is 1.76. The summed E-state index contributed by atoms with van der Waals surface area (Å²) in [6, 6.07) is 8.06. The van der Waals surface area contributed by atoms with E-state index in [0.717, 1.165) is 21.9 Å². The second-order valence-corrected chi connectivity index (χ2v) is 4.88. The molecule has 2 aromatic heterocycles. The number of nitrogens with zero attached hydrogens (tertiary/aromatic N) is 4. The van der Waals surface area contributed by atoms with E-state index in [9.17, 15) is 0 Å². The SMILES string of the molecule is Cn1c(Cc2nnc(N)s2)nc2ccccc21. The van der Waals surface area contributed by atoms with E-state index >= 15 is 0 Å². The third-order valence-electron chi connectivity index (χ3n) is 2.67. The number of aryl methyl sites for hydroxylation is 1. The lowest BCUT2D eigenvalue weighted by Gasteiger charge is -1.98. The van der Waals surface area contributed by atoms with Crippen LogP contribution < -0.4 is 5.73 Å². The van der Waals surface area contributed by atoms with Gasteiger partial charge in [-0.05, 0) is 12.1 Å². The van der Waals surface area contributed by atoms with Gasteiger partial charge in [-0.3, -0.25) is 0 Å². The average molecular weight is 245 g/mol. The molecule has 1 aromatic carbocycles. The molecule has 0 aliphatic carbocycles. The molecule has 0 spiro atoms. The van der Waals surface area contributed by atoms with Gasteiger partial charge >= 0.3 is 0 Å². The Morgan fingerprint density at radius 2 is 2.12 bits per heavy atom. The Morgan fingerprint density at radius 1 is 1.29 bits per heavy atom. The normalized spacial score (nSPS) is 11.1. The number of nitrogen functional groups attached to an aromatic ring is 1. The molecule has 0 amide bonds. The van der Waals surface area contributed by atoms with Crippen LogP contribution in [0.5, 0.6) is 0 Å². The molecule has 6 heteroatoms. The molecule has 0 aliphatic heterocycles. The molecule has 5 nitrogen and oxygen atoms in total. The predicted molar refractivity (Wildman–Crippen MR) is 67.8 cm³/mol. The molecule has 86 valence electrons. The lowest BCUT2D eigenvalue weighted by atomic mass is 10.3. The summed E-state index contributed by atoms with van der Waals surface area (Å²) in [5, 5.41) is 9.21. The summed E-state index contributed by atoms with van der Waals surface area (Å²) in [7, 11) is 2.01. The second-order valence-electron chi connectivity index (χ2n) is 3.79. The molecule has 0 saturated carbocycles. The Bertz CT molecular complexity index is 669. The van der Waals surface area contributed by atoms with Gasteiger partial charge in [0.1, 0.15) is 10.8 Å². The zero-order valence-corrected chi connectivity index (χ0v) is 10.1. The number of para-hydroxylation sites is 2. The van der Waals surface area contributed by atoms with Crippen LogP contribution in [0.2, 0.25) is 0 Å². The Labute approximate surface area is 102 Å². The minimum atomic E-state index is 0.499. The van der Waals surface area contributed by atoms with Crippen LogP contribution in [0.3, 0.4) is 0 Å². The number of rotatable bonds is 2. The maximum absolute atomic E-state index is 5.56. The van der Waals surface area contributed by atoms with Crippen molar-refractivity contribution >= 4 is 27.5 Å². The van der Waals surface area contributed by atoms with Crippen molar-refractivity contribution in [1.82, 2.24) is 19.7 Å². The van der Waals surface area contributed by atoms with E-state index in [4.69, 9.17) is 5.73 Å². The zero-order valence-electron chi connectivity index (χ0n) is 9.29. The fourth-order valence-electron chi connectivity index (χ4n) is 1.83. The van der Waals surface area contributed by atoms with Crippen molar-refractivity contribution in [3.63, 3.8) is 0 Å². The van der Waals surface area contributed by atoms with Gasteiger partial charge in [0.25, 0.3) is 0 Å². The number of anilines is 1. The van der Waals surface area contributed by atoms with Crippen molar-refractivity contribution < 1.29 is 0 Å². The summed E-state index contributed by atoms with van der Waals surface area (Å²) in [5.74, 6) is 0.974. The van der Waals surface area contributed by atoms with Crippen molar-refractivity contribution in [2.75, 3.05) is 5.73 Å². The standard InChI is InChI=1S/C11H11N5S/c1-16-8-5-3-2-4-7(8)13-9(16)6-10-14-15-11(12)17-10/h2-5H,6H2,1H3,(H2,12,15). The van der Waals surface area contributed by atoms with Gasteiger partial charge in [0.2, 0.25) is 5.13 Å². The third-order valence-corrected chi connectivity index (χ3v) is 3.42. The van der Waals surface area contributed by atoms with E-state index in [1.807, 2.05) is 25.2 Å². The summed E-state index contributed by atoms with van der Waals surface area (Å²) < 4.78 is 2.08. The highest BCUT2D eigenvalue weighted by atomic mass is 32.1. The van der Waals surface area contributed by atoms with Crippen molar-refractivity contribution in [2.45, 2.75) is 6.42 Å². The summed E-state index contributed by atoms with van der Waals surface area (Å²) >= 11 is 1.40. The lowest BCUT2D eigenvalue weighted by molar-refractivity contribution is 0.833. The molecule has 3 rings (SSSR count). The monoisotopic (exact) mass is 245 g/mol. The first-order valence-electron chi connectivity index (χ1n) is 5.22. The van der Waals surface area contributed by atoms with Gasteiger partial charge in [-0.2, -0.15) is 0 Å². The molecule has 2 heterocycles. The van der Waals surface area contributed by atoms with Gasteiger partial charge in [0.15, 0.2) is 0 Å². The van der Waals surface area contributed by atoms with Crippen molar-refractivity contribution in [3.05, 3.63) is 35.1 Å². The van der Waals surface area contributed by atoms with Crippen molar-refractivity contribution in [2.24, 2.45) is 7.05 Å². The molecule has 0 unspecified atom stereocenters. The van der Waals surface area contributed by atoms with Crippen LogP contribution in [0.15, 0.2) is 24.3 Å². The summed E-state index contributed by atoms with van der Waals surface area (Å²) in [4.78, 5) is 4.58. The largest absolute Gasteiger partial charge is 0.374 e. The van der Waals surface area contributed by atoms with E-state index in [1.54, 1.807) is 0 Å². The maximum Gasteiger partial charge on any atom is 0.203 e. The van der Waals surface area contributed by atoms with Crippen LogP contribution in [0, 0.1) is 0 Å². The minimum Gasteiger partial charge on any atom is -0.374 e. The van der Waals surface area contributed by atoms with Gasteiger partial charge < -0.3 is 10.3 Å². The Balaban J connectivity index is 2.03. The molecular formula is C11H11N5S. The topological polar surface area (TPSA) is 69.6 Å². The van der Waals surface area contributed by atoms with Crippen LogP contribution in [-0.4, -0.2) is 19.7 Å². The first-order chi connectivity index (χ1) is 8.24. The fourth-order valence-corrected chi connectivity index (χ4v) is 2.43. The molecule has 17 heavy (non-hydrogen) atoms. The Kier molecular flexibility index (Phi) is 2.29. The van der Waals surface area contributed by atoms with Crippen molar-refractivity contribution in [3.8, 4) is 0 Å². The highest BCUT2D eigenvalue weighted by molar-refractivity contribution is 7.15. The number of hydrogen-bond donors (Lipinski definition) is 1. The summed E-state index contributed by atoms with van der Waals surface area (Å²) in [6.07, 6.45) is 0.667. The van der Waals surface area contributed by atoms with E-state index in [-0.39, 0.29) is 0 Å². The van der Waals surface area contributed by atoms with E-state index in [2.05, 4.69) is 25.8 Å². The number of benzene rings is 1. The van der Waals surface area contributed by atoms with Crippen LogP contribution >= 0.6 is 11.3 Å². The molecule has 0 radical (unpaired) electrons. The predicted octanol–water partition coefficient (Wildman–Crippen LogP) is 1.60. The lowest BCUT2D eigenvalue weighted by Crippen LogP contribution is -1.98. The van der Waals surface area contributed by atoms with Crippen LogP contribution in [0.4, 0.5) is 5.13 Å². The van der Waals surface area contributed by atoms with Crippen LogP contribution in [0.1, 0.15) is 10.8 Å². The Hall–Kier alpha value is -1.95. The van der Waals surface area contributed by atoms with Gasteiger partial charge in [0.05, 0.1) is 17.5 Å². The van der Waals surface area contributed by atoms with E-state index < -0.39 is 0 Å². The smallest absolute Gasteiger partial charge is 0.203 e. The zero-order chi connectivity index (χ0) is 11.8. The molecular weight excluding hydrogens is 234 g/mol. The minimum absolute atomic E-state index is 0.499. The highest BCUT2D eigenvalue weighted by Gasteiger charge is 2.10. The van der Waals surface area contributed by atoms with Gasteiger partial charge in [0, 0.05) is 7.05 Å². The molecule has 2 N–H and O–H groups in total. The maximum atomic E-state index is 5.56. The second kappa shape index (κ2) is 3.81. The van der Waals surface area contributed by atoms with Gasteiger partial charge in [-0.1, -0.05) is 23.5 Å². The molecule has 3 aromatic rings. The molecule has 0 aliphatic rings. The van der Waals surface area contributed by atoms with Gasteiger partial charge in [-0.25, -0.2) is 4.98 Å². The highest BCUT2D eigenvalue weighted by Crippen LogP contribution is 2.19. The van der Waals surface area contributed by atoms with Crippen molar-refractivity contribution in [1.29, 1.82) is 0 Å². The molecule has 0 fully saturated rings. The van der Waals surface area contributed by atoms with E-state index in [1.165, 1.54) is 11.3 Å². The summed E-state index contributed by atoms with van der Waals surface area (Å²) in [5.41, 5.74) is 7.69. The average Bonchev–Trinajstić information content (AvgIpc) is 2.86. The Morgan fingerprint density at radius 3 is 2.82 bits per heavy atom. The summed E-state index contributed by atoms with van der Waals surface area (Å²) in [6.45, 7) is 0. The number of imidazole rings is 1. The molecule has 0 atom stereocenters. The quantitative estimate of drug-likeness (QED) is 0.744. The van der Waals surface area contributed by atoms with Gasteiger partial charge in [-0.15, -0.1) is 10.2 Å². The molecule has 0 bridgehead atoms. The number of nitrogens with two attached hydrogens (primary N) is 1. The fraction of sp³-hybridized carbons (Fsp3) is 0.182. The van der Waals surface area contributed by atoms with Crippen LogP contribution in [-0.2, 0) is 13.5 Å². The molecule has 0 saturated heterocycles. The number of aromatic nitrogens is 4. The number of fused-ring (bicyclic) bond motifs is 1. The van der Waals surface area contributed by atoms with Crippen LogP contribution in [0.25, 0.3) is 11.0 Å². The first kappa shape index (κ1) is 10.2.